The maximum absolute atomic E-state index is 13.7. The summed E-state index contributed by atoms with van der Waals surface area (Å²) < 4.78 is 26.4. The minimum absolute atomic E-state index is 0.0544. The first-order chi connectivity index (χ1) is 11.5. The summed E-state index contributed by atoms with van der Waals surface area (Å²) in [6.07, 6.45) is 3.62. The first-order valence-electron chi connectivity index (χ1n) is 7.83. The monoisotopic (exact) mass is 334 g/mol. The van der Waals surface area contributed by atoms with E-state index in [2.05, 4.69) is 5.10 Å². The van der Waals surface area contributed by atoms with E-state index in [9.17, 15) is 9.18 Å². The average molecular weight is 334 g/mol. The van der Waals surface area contributed by atoms with Crippen LogP contribution in [0.1, 0.15) is 18.5 Å². The molecule has 128 valence electrons. The molecule has 6 nitrogen and oxygen atoms in total. The van der Waals surface area contributed by atoms with Crippen LogP contribution in [0.3, 0.4) is 0 Å². The fourth-order valence-electron chi connectivity index (χ4n) is 2.80. The summed E-state index contributed by atoms with van der Waals surface area (Å²) >= 11 is 0. The van der Waals surface area contributed by atoms with E-state index >= 15 is 0 Å². The lowest BCUT2D eigenvalue weighted by Gasteiger charge is -2.14. The van der Waals surface area contributed by atoms with Gasteiger partial charge in [0, 0.05) is 23.9 Å². The molecule has 2 heterocycles. The van der Waals surface area contributed by atoms with Gasteiger partial charge in [-0.05, 0) is 38.0 Å². The van der Waals surface area contributed by atoms with E-state index in [1.54, 1.807) is 19.2 Å². The molecule has 1 aromatic carbocycles. The number of nitrogens with zero attached hydrogens (tertiary/aromatic N) is 2. The second kappa shape index (κ2) is 7.00. The molecule has 0 bridgehead atoms. The smallest absolute Gasteiger partial charge is 0.325 e. The molecule has 1 unspecified atom stereocenters. The molecule has 0 aliphatic carbocycles. The number of carboxylic acids is 1. The van der Waals surface area contributed by atoms with Crippen molar-refractivity contribution < 1.29 is 23.8 Å². The van der Waals surface area contributed by atoms with Gasteiger partial charge in [0.1, 0.15) is 24.7 Å². The van der Waals surface area contributed by atoms with Crippen molar-refractivity contribution in [3.8, 4) is 16.9 Å². The molecule has 1 fully saturated rings. The second-order valence-electron chi connectivity index (χ2n) is 5.81. The molecule has 1 aliphatic heterocycles. The fraction of sp³-hybridized carbons (Fsp3) is 0.412. The zero-order valence-electron chi connectivity index (χ0n) is 13.4. The average Bonchev–Trinajstić information content (AvgIpc) is 3.15. The van der Waals surface area contributed by atoms with Gasteiger partial charge in [-0.1, -0.05) is 0 Å². The lowest BCUT2D eigenvalue weighted by Crippen LogP contribution is -2.16. The largest absolute Gasteiger partial charge is 0.490 e. The Bertz CT molecular complexity index is 738. The van der Waals surface area contributed by atoms with Crippen LogP contribution in [0.2, 0.25) is 0 Å². The molecule has 1 N–H and O–H groups in total. The highest BCUT2D eigenvalue weighted by Crippen LogP contribution is 2.33. The number of hydrogen-bond donors (Lipinski definition) is 1. The van der Waals surface area contributed by atoms with Crippen molar-refractivity contribution in [2.24, 2.45) is 0 Å². The molecule has 7 heteroatoms. The number of hydrogen-bond acceptors (Lipinski definition) is 4. The summed E-state index contributed by atoms with van der Waals surface area (Å²) in [5, 5.41) is 13.1. The van der Waals surface area contributed by atoms with Crippen LogP contribution in [0.15, 0.2) is 24.4 Å². The summed E-state index contributed by atoms with van der Waals surface area (Å²) in [6.45, 7) is 2.65. The van der Waals surface area contributed by atoms with Crippen LogP contribution in [0, 0.1) is 12.7 Å². The number of carbonyl (C=O) groups is 1. The maximum Gasteiger partial charge on any atom is 0.325 e. The van der Waals surface area contributed by atoms with E-state index in [-0.39, 0.29) is 18.5 Å². The van der Waals surface area contributed by atoms with Crippen molar-refractivity contribution in [1.82, 2.24) is 9.78 Å². The minimum atomic E-state index is -0.988. The highest BCUT2D eigenvalue weighted by Gasteiger charge is 2.19. The third-order valence-electron chi connectivity index (χ3n) is 3.92. The SMILES string of the molecule is Cc1nn(CC(=O)O)cc1-c1cc(F)ccc1OCC1CCCO1. The number of carboxylic acid groups (broad SMARTS) is 1. The van der Waals surface area contributed by atoms with Gasteiger partial charge in [-0.15, -0.1) is 0 Å². The third kappa shape index (κ3) is 3.73. The van der Waals surface area contributed by atoms with E-state index in [1.165, 1.54) is 16.8 Å². The molecule has 0 radical (unpaired) electrons. The Hall–Kier alpha value is -2.41. The van der Waals surface area contributed by atoms with E-state index < -0.39 is 5.97 Å². The van der Waals surface area contributed by atoms with Crippen molar-refractivity contribution in [2.75, 3.05) is 13.2 Å². The van der Waals surface area contributed by atoms with E-state index in [4.69, 9.17) is 14.6 Å². The fourth-order valence-corrected chi connectivity index (χ4v) is 2.80. The van der Waals surface area contributed by atoms with Crippen LogP contribution in [-0.4, -0.2) is 40.2 Å². The quantitative estimate of drug-likeness (QED) is 0.879. The Morgan fingerprint density at radius 3 is 3.04 bits per heavy atom. The summed E-state index contributed by atoms with van der Waals surface area (Å²) in [7, 11) is 0. The molecular weight excluding hydrogens is 315 g/mol. The Labute approximate surface area is 138 Å². The van der Waals surface area contributed by atoms with Crippen LogP contribution in [0.4, 0.5) is 4.39 Å². The van der Waals surface area contributed by atoms with Crippen LogP contribution in [0.5, 0.6) is 5.75 Å². The highest BCUT2D eigenvalue weighted by molar-refractivity contribution is 5.72. The molecule has 24 heavy (non-hydrogen) atoms. The van der Waals surface area contributed by atoms with Gasteiger partial charge in [0.2, 0.25) is 0 Å². The van der Waals surface area contributed by atoms with Gasteiger partial charge in [0.05, 0.1) is 11.8 Å². The Balaban J connectivity index is 1.87. The minimum Gasteiger partial charge on any atom is -0.490 e. The third-order valence-corrected chi connectivity index (χ3v) is 3.92. The van der Waals surface area contributed by atoms with E-state index in [1.807, 2.05) is 0 Å². The lowest BCUT2D eigenvalue weighted by atomic mass is 10.1. The number of aryl methyl sites for hydroxylation is 1. The first kappa shape index (κ1) is 16.4. The molecule has 1 aromatic heterocycles. The van der Waals surface area contributed by atoms with Crippen LogP contribution >= 0.6 is 0 Å². The number of benzene rings is 1. The van der Waals surface area contributed by atoms with E-state index in [0.29, 0.717) is 29.2 Å². The van der Waals surface area contributed by atoms with Gasteiger partial charge in [0.15, 0.2) is 0 Å². The number of aliphatic carboxylic acids is 1. The first-order valence-corrected chi connectivity index (χ1v) is 7.83. The predicted octanol–water partition coefficient (Wildman–Crippen LogP) is 2.64. The molecule has 1 saturated heterocycles. The topological polar surface area (TPSA) is 73.6 Å². The van der Waals surface area contributed by atoms with Gasteiger partial charge in [-0.3, -0.25) is 9.48 Å². The Morgan fingerprint density at radius 2 is 2.33 bits per heavy atom. The van der Waals surface area contributed by atoms with Crippen molar-refractivity contribution in [2.45, 2.75) is 32.4 Å². The van der Waals surface area contributed by atoms with Crippen LogP contribution < -0.4 is 4.74 Å². The van der Waals surface area contributed by atoms with Gasteiger partial charge < -0.3 is 14.6 Å². The van der Waals surface area contributed by atoms with E-state index in [0.717, 1.165) is 19.4 Å². The number of halogens is 1. The molecule has 1 atom stereocenters. The normalized spacial score (nSPS) is 17.2. The van der Waals surface area contributed by atoms with Crippen LogP contribution in [0.25, 0.3) is 11.1 Å². The van der Waals surface area contributed by atoms with Crippen molar-refractivity contribution in [3.63, 3.8) is 0 Å². The number of ether oxygens (including phenoxy) is 2. The van der Waals surface area contributed by atoms with Gasteiger partial charge in [-0.2, -0.15) is 5.10 Å². The number of rotatable bonds is 6. The summed E-state index contributed by atoms with van der Waals surface area (Å²) in [5.74, 6) is -0.845. The molecule has 0 amide bonds. The molecule has 1 aliphatic rings. The second-order valence-corrected chi connectivity index (χ2v) is 5.81. The molecule has 2 aromatic rings. The zero-order chi connectivity index (χ0) is 17.1. The van der Waals surface area contributed by atoms with Crippen molar-refractivity contribution in [1.29, 1.82) is 0 Å². The van der Waals surface area contributed by atoms with Crippen molar-refractivity contribution in [3.05, 3.63) is 35.9 Å². The number of aromatic nitrogens is 2. The Kier molecular flexibility index (Phi) is 4.80. The summed E-state index contributed by atoms with van der Waals surface area (Å²) in [5.41, 5.74) is 1.82. The summed E-state index contributed by atoms with van der Waals surface area (Å²) in [4.78, 5) is 10.8. The van der Waals surface area contributed by atoms with Crippen molar-refractivity contribution >= 4 is 5.97 Å². The highest BCUT2D eigenvalue weighted by atomic mass is 19.1. The summed E-state index contributed by atoms with van der Waals surface area (Å²) in [6, 6.07) is 4.29. The molecule has 0 spiro atoms. The molecular formula is C17H19FN2O4. The standard InChI is InChI=1S/C17H19FN2O4/c1-11-15(8-20(19-11)9-17(21)22)14-7-12(18)4-5-16(14)24-10-13-3-2-6-23-13/h4-5,7-8,13H,2-3,6,9-10H2,1H3,(H,21,22). The van der Waals surface area contributed by atoms with Gasteiger partial charge in [-0.25, -0.2) is 4.39 Å². The molecule has 3 rings (SSSR count). The predicted molar refractivity (Wildman–Crippen MR) is 84.5 cm³/mol. The van der Waals surface area contributed by atoms with Crippen LogP contribution in [-0.2, 0) is 16.1 Å². The lowest BCUT2D eigenvalue weighted by molar-refractivity contribution is -0.137. The van der Waals surface area contributed by atoms with Gasteiger partial charge in [0.25, 0.3) is 0 Å². The molecule has 0 saturated carbocycles. The zero-order valence-corrected chi connectivity index (χ0v) is 13.4. The maximum atomic E-state index is 13.7. The van der Waals surface area contributed by atoms with Gasteiger partial charge >= 0.3 is 5.97 Å². The Morgan fingerprint density at radius 1 is 1.50 bits per heavy atom.